The van der Waals surface area contributed by atoms with Crippen molar-refractivity contribution < 1.29 is 14.3 Å². The Hall–Kier alpha value is -3.04. The highest BCUT2D eigenvalue weighted by Gasteiger charge is 2.36. The monoisotopic (exact) mass is 541 g/mol. The summed E-state index contributed by atoms with van der Waals surface area (Å²) in [6.07, 6.45) is 6.53. The summed E-state index contributed by atoms with van der Waals surface area (Å²) in [5.74, 6) is 0.0813. The summed E-state index contributed by atoms with van der Waals surface area (Å²) < 4.78 is 14.0. The highest BCUT2D eigenvalue weighted by Crippen LogP contribution is 2.38. The molecule has 7 nitrogen and oxygen atoms in total. The minimum Gasteiger partial charge on any atom is -0.496 e. The predicted molar refractivity (Wildman–Crippen MR) is 135 cm³/mol. The molecule has 3 aromatic rings. The molecule has 0 unspecified atom stereocenters. The minimum atomic E-state index is -0.736. The number of carbonyl (C=O) groups is 1. The van der Waals surface area contributed by atoms with E-state index in [1.54, 1.807) is 37.1 Å². The summed E-state index contributed by atoms with van der Waals surface area (Å²) in [4.78, 5) is 36.4. The Kier molecular flexibility index (Phi) is 7.43. The van der Waals surface area contributed by atoms with Crippen LogP contribution in [0.3, 0.4) is 0 Å². The van der Waals surface area contributed by atoms with E-state index in [4.69, 9.17) is 14.5 Å². The summed E-state index contributed by atoms with van der Waals surface area (Å²) >= 11 is 4.82. The Balaban J connectivity index is 2.06. The second-order valence-electron chi connectivity index (χ2n) is 7.59. The van der Waals surface area contributed by atoms with Gasteiger partial charge in [-0.05, 0) is 49.2 Å². The second kappa shape index (κ2) is 10.5. The van der Waals surface area contributed by atoms with E-state index in [0.717, 1.165) is 16.5 Å². The van der Waals surface area contributed by atoms with E-state index in [1.165, 1.54) is 11.3 Å². The number of esters is 1. The normalized spacial score (nSPS) is 15.6. The second-order valence-corrected chi connectivity index (χ2v) is 9.51. The number of benzene rings is 1. The molecule has 0 fully saturated rings. The highest BCUT2D eigenvalue weighted by molar-refractivity contribution is 9.10. The van der Waals surface area contributed by atoms with Gasteiger partial charge in [0.1, 0.15) is 11.8 Å². The molecule has 1 aliphatic rings. The number of fused-ring (bicyclic) bond motifs is 1. The van der Waals surface area contributed by atoms with Crippen molar-refractivity contribution in [2.45, 2.75) is 32.7 Å². The molecule has 0 N–H and O–H groups in total. The molecule has 176 valence electrons. The van der Waals surface area contributed by atoms with Crippen molar-refractivity contribution in [1.29, 1.82) is 0 Å². The van der Waals surface area contributed by atoms with Crippen LogP contribution < -0.4 is 19.6 Å². The molecule has 34 heavy (non-hydrogen) atoms. The van der Waals surface area contributed by atoms with Gasteiger partial charge in [0.15, 0.2) is 4.80 Å². The van der Waals surface area contributed by atoms with Crippen LogP contribution in [0.2, 0.25) is 0 Å². The zero-order valence-corrected chi connectivity index (χ0v) is 21.5. The van der Waals surface area contributed by atoms with E-state index < -0.39 is 12.0 Å². The fraction of sp³-hybridized carbons (Fsp3) is 0.280. The third-order valence-corrected chi connectivity index (χ3v) is 6.84. The van der Waals surface area contributed by atoms with E-state index in [0.29, 0.717) is 38.3 Å². The number of rotatable bonds is 7. The van der Waals surface area contributed by atoms with Gasteiger partial charge in [-0.1, -0.05) is 46.7 Å². The van der Waals surface area contributed by atoms with Crippen LogP contribution in [0.15, 0.2) is 68.3 Å². The largest absolute Gasteiger partial charge is 0.496 e. The van der Waals surface area contributed by atoms with Crippen LogP contribution in [0, 0.1) is 0 Å². The summed E-state index contributed by atoms with van der Waals surface area (Å²) in [5, 5.41) is 0. The lowest BCUT2D eigenvalue weighted by Crippen LogP contribution is -2.40. The molecule has 1 aliphatic heterocycles. The molecule has 1 aromatic carbocycles. The number of methoxy groups -OCH3 is 1. The third kappa shape index (κ3) is 4.63. The van der Waals surface area contributed by atoms with Gasteiger partial charge in [-0.15, -0.1) is 0 Å². The van der Waals surface area contributed by atoms with Crippen molar-refractivity contribution in [3.05, 3.63) is 89.3 Å². The van der Waals surface area contributed by atoms with Crippen molar-refractivity contribution in [3.63, 3.8) is 0 Å². The predicted octanol–water partition coefficient (Wildman–Crippen LogP) is 3.74. The van der Waals surface area contributed by atoms with Gasteiger partial charge in [0, 0.05) is 22.4 Å². The number of hydrogen-bond donors (Lipinski definition) is 0. The third-order valence-electron chi connectivity index (χ3n) is 5.36. The summed E-state index contributed by atoms with van der Waals surface area (Å²) in [7, 11) is 1.57. The van der Waals surface area contributed by atoms with Gasteiger partial charge < -0.3 is 9.47 Å². The average Bonchev–Trinajstić information content (AvgIpc) is 3.13. The van der Waals surface area contributed by atoms with Crippen molar-refractivity contribution >= 4 is 39.3 Å². The zero-order valence-electron chi connectivity index (χ0n) is 19.1. The SMILES string of the molecule is CCCC1=C(C(=O)OCC)[C@@H](c2cc(Br)ccc2OC)n2c(s/c(=C/c3cccnc3)c2=O)=N1. The lowest BCUT2D eigenvalue weighted by atomic mass is 9.93. The number of thiazole rings is 1. The summed E-state index contributed by atoms with van der Waals surface area (Å²) in [5.41, 5.74) is 2.24. The number of allylic oxidation sites excluding steroid dienone is 1. The van der Waals surface area contributed by atoms with E-state index >= 15 is 0 Å². The summed E-state index contributed by atoms with van der Waals surface area (Å²) in [6.45, 7) is 4.00. The van der Waals surface area contributed by atoms with Crippen LogP contribution in [0.5, 0.6) is 5.75 Å². The first kappa shape index (κ1) is 24.1. The quantitative estimate of drug-likeness (QED) is 0.425. The van der Waals surface area contributed by atoms with E-state index in [1.807, 2.05) is 37.3 Å². The van der Waals surface area contributed by atoms with E-state index in [-0.39, 0.29) is 12.2 Å². The molecule has 3 heterocycles. The van der Waals surface area contributed by atoms with Gasteiger partial charge in [0.2, 0.25) is 0 Å². The zero-order chi connectivity index (χ0) is 24.2. The van der Waals surface area contributed by atoms with Gasteiger partial charge in [-0.3, -0.25) is 14.3 Å². The average molecular weight is 542 g/mol. The number of carbonyl (C=O) groups excluding carboxylic acids is 1. The summed E-state index contributed by atoms with van der Waals surface area (Å²) in [6, 6.07) is 8.50. The van der Waals surface area contributed by atoms with Crippen LogP contribution in [0.1, 0.15) is 43.9 Å². The molecule has 0 spiro atoms. The van der Waals surface area contributed by atoms with Gasteiger partial charge in [-0.25, -0.2) is 9.79 Å². The van der Waals surface area contributed by atoms with Gasteiger partial charge in [0.25, 0.3) is 5.56 Å². The Morgan fingerprint density at radius 3 is 2.79 bits per heavy atom. The van der Waals surface area contributed by atoms with Crippen molar-refractivity contribution in [3.8, 4) is 5.75 Å². The molecule has 0 amide bonds. The van der Waals surface area contributed by atoms with Gasteiger partial charge >= 0.3 is 5.97 Å². The standard InChI is InChI=1S/C25H24BrN3O4S/c1-4-7-18-21(24(31)33-5-2)22(17-13-16(26)9-10-19(17)32-3)29-23(30)20(34-25(29)28-18)12-15-8-6-11-27-14-15/h6,8-14,22H,4-5,7H2,1-3H3/b20-12+/t22-/m1/s1. The van der Waals surface area contributed by atoms with Crippen LogP contribution in [-0.2, 0) is 9.53 Å². The van der Waals surface area contributed by atoms with Crippen molar-refractivity contribution in [2.24, 2.45) is 4.99 Å². The molecule has 4 rings (SSSR count). The maximum Gasteiger partial charge on any atom is 0.338 e. The molecule has 1 atom stereocenters. The van der Waals surface area contributed by atoms with Gasteiger partial charge in [0.05, 0.1) is 29.5 Å². The Morgan fingerprint density at radius 1 is 1.29 bits per heavy atom. The van der Waals surface area contributed by atoms with Crippen LogP contribution in [0.4, 0.5) is 0 Å². The van der Waals surface area contributed by atoms with E-state index in [9.17, 15) is 9.59 Å². The highest BCUT2D eigenvalue weighted by atomic mass is 79.9. The fourth-order valence-electron chi connectivity index (χ4n) is 3.95. The lowest BCUT2D eigenvalue weighted by molar-refractivity contribution is -0.139. The van der Waals surface area contributed by atoms with Crippen LogP contribution in [-0.4, -0.2) is 29.2 Å². The molecular formula is C25H24BrN3O4S. The maximum absolute atomic E-state index is 13.7. The molecule has 9 heteroatoms. The number of hydrogen-bond acceptors (Lipinski definition) is 7. The molecule has 0 saturated carbocycles. The topological polar surface area (TPSA) is 82.8 Å². The van der Waals surface area contributed by atoms with Crippen LogP contribution in [0.25, 0.3) is 6.08 Å². The molecule has 0 bridgehead atoms. The lowest BCUT2D eigenvalue weighted by Gasteiger charge is -2.27. The Labute approximate surface area is 209 Å². The van der Waals surface area contributed by atoms with Gasteiger partial charge in [-0.2, -0.15) is 0 Å². The van der Waals surface area contributed by atoms with E-state index in [2.05, 4.69) is 20.9 Å². The first-order chi connectivity index (χ1) is 16.5. The number of pyridine rings is 1. The molecule has 2 aromatic heterocycles. The number of ether oxygens (including phenoxy) is 2. The molecule has 0 radical (unpaired) electrons. The molecular weight excluding hydrogens is 518 g/mol. The Morgan fingerprint density at radius 2 is 2.12 bits per heavy atom. The van der Waals surface area contributed by atoms with Crippen LogP contribution >= 0.6 is 27.3 Å². The fourth-order valence-corrected chi connectivity index (χ4v) is 5.35. The minimum absolute atomic E-state index is 0.218. The number of nitrogens with zero attached hydrogens (tertiary/aromatic N) is 3. The van der Waals surface area contributed by atoms with Crippen molar-refractivity contribution in [1.82, 2.24) is 9.55 Å². The number of aromatic nitrogens is 2. The Bertz CT molecular complexity index is 1430. The smallest absolute Gasteiger partial charge is 0.338 e. The molecule has 0 aliphatic carbocycles. The maximum atomic E-state index is 13.7. The molecule has 0 saturated heterocycles. The number of halogens is 1. The first-order valence-corrected chi connectivity index (χ1v) is 12.5. The van der Waals surface area contributed by atoms with Crippen molar-refractivity contribution in [2.75, 3.05) is 13.7 Å². The first-order valence-electron chi connectivity index (χ1n) is 10.9.